The number of ether oxygens (including phenoxy) is 1. The Morgan fingerprint density at radius 3 is 2.86 bits per heavy atom. The first-order valence-electron chi connectivity index (χ1n) is 9.80. The molecule has 1 fully saturated rings. The summed E-state index contributed by atoms with van der Waals surface area (Å²) in [5.74, 6) is 0.573. The second-order valence-electron chi connectivity index (χ2n) is 6.93. The number of pyridine rings is 1. The van der Waals surface area contributed by atoms with Gasteiger partial charge in [-0.1, -0.05) is 6.92 Å². The second kappa shape index (κ2) is 8.05. The van der Waals surface area contributed by atoms with Gasteiger partial charge in [-0.2, -0.15) is 5.10 Å². The molecule has 0 aliphatic carbocycles. The van der Waals surface area contributed by atoms with E-state index in [-0.39, 0.29) is 11.9 Å². The number of hydrogen-bond donors (Lipinski definition) is 1. The van der Waals surface area contributed by atoms with Gasteiger partial charge in [0.05, 0.1) is 17.9 Å². The lowest BCUT2D eigenvalue weighted by atomic mass is 10.1. The average Bonchev–Trinajstić information content (AvgIpc) is 3.38. The van der Waals surface area contributed by atoms with Gasteiger partial charge in [0, 0.05) is 32.0 Å². The van der Waals surface area contributed by atoms with E-state index in [2.05, 4.69) is 29.9 Å². The van der Waals surface area contributed by atoms with E-state index >= 15 is 0 Å². The summed E-state index contributed by atoms with van der Waals surface area (Å²) in [6, 6.07) is 1.94. The SMILES string of the molecule is CCC(NC(=O)c1cnc2c(c1)ncn2C1CCOCC1)c1ncnn1CC. The molecule has 1 unspecified atom stereocenters. The van der Waals surface area contributed by atoms with Crippen molar-refractivity contribution in [2.75, 3.05) is 13.2 Å². The summed E-state index contributed by atoms with van der Waals surface area (Å²) >= 11 is 0. The van der Waals surface area contributed by atoms with Crippen molar-refractivity contribution < 1.29 is 9.53 Å². The van der Waals surface area contributed by atoms with Crippen molar-refractivity contribution in [2.24, 2.45) is 0 Å². The lowest BCUT2D eigenvalue weighted by Gasteiger charge is -2.23. The van der Waals surface area contributed by atoms with E-state index in [1.54, 1.807) is 16.9 Å². The predicted molar refractivity (Wildman–Crippen MR) is 103 cm³/mol. The Hall–Kier alpha value is -2.81. The van der Waals surface area contributed by atoms with Gasteiger partial charge in [-0.05, 0) is 32.3 Å². The maximum Gasteiger partial charge on any atom is 0.253 e. The fourth-order valence-corrected chi connectivity index (χ4v) is 3.65. The van der Waals surface area contributed by atoms with Gasteiger partial charge < -0.3 is 14.6 Å². The van der Waals surface area contributed by atoms with Gasteiger partial charge in [-0.15, -0.1) is 0 Å². The van der Waals surface area contributed by atoms with Crippen LogP contribution in [0.15, 0.2) is 24.9 Å². The van der Waals surface area contributed by atoms with Crippen LogP contribution >= 0.6 is 0 Å². The number of carbonyl (C=O) groups excluding carboxylic acids is 1. The normalized spacial score (nSPS) is 16.4. The summed E-state index contributed by atoms with van der Waals surface area (Å²) in [6.45, 7) is 6.23. The zero-order valence-electron chi connectivity index (χ0n) is 16.2. The summed E-state index contributed by atoms with van der Waals surface area (Å²) in [5, 5.41) is 7.23. The van der Waals surface area contributed by atoms with Crippen LogP contribution in [0.25, 0.3) is 11.2 Å². The number of imidazole rings is 1. The Labute approximate surface area is 163 Å². The summed E-state index contributed by atoms with van der Waals surface area (Å²) in [5.41, 5.74) is 2.02. The molecule has 1 amide bonds. The standard InChI is InChI=1S/C19H25N7O2/c1-3-15(18-21-11-23-26(18)4-2)24-19(27)13-9-16-17(20-10-13)25(12-22-16)14-5-7-28-8-6-14/h9-12,14-15H,3-8H2,1-2H3,(H,24,27). The molecular formula is C19H25N7O2. The van der Waals surface area contributed by atoms with Gasteiger partial charge in [0.2, 0.25) is 0 Å². The van der Waals surface area contributed by atoms with Crippen LogP contribution < -0.4 is 5.32 Å². The van der Waals surface area contributed by atoms with Crippen LogP contribution in [0.5, 0.6) is 0 Å². The third-order valence-electron chi connectivity index (χ3n) is 5.23. The molecule has 4 rings (SSSR count). The zero-order valence-corrected chi connectivity index (χ0v) is 16.2. The van der Waals surface area contributed by atoms with Gasteiger partial charge in [0.25, 0.3) is 5.91 Å². The van der Waals surface area contributed by atoms with Crippen molar-refractivity contribution in [1.29, 1.82) is 0 Å². The van der Waals surface area contributed by atoms with E-state index < -0.39 is 0 Å². The number of hydrogen-bond acceptors (Lipinski definition) is 6. The molecule has 9 nitrogen and oxygen atoms in total. The van der Waals surface area contributed by atoms with Crippen LogP contribution in [-0.4, -0.2) is 48.4 Å². The molecule has 0 bridgehead atoms. The van der Waals surface area contributed by atoms with E-state index in [9.17, 15) is 4.79 Å². The highest BCUT2D eigenvalue weighted by molar-refractivity contribution is 5.96. The molecule has 1 atom stereocenters. The molecule has 148 valence electrons. The van der Waals surface area contributed by atoms with E-state index in [4.69, 9.17) is 4.74 Å². The van der Waals surface area contributed by atoms with E-state index in [0.717, 1.165) is 49.5 Å². The lowest BCUT2D eigenvalue weighted by Crippen LogP contribution is -2.30. The smallest absolute Gasteiger partial charge is 0.253 e. The molecule has 0 aromatic carbocycles. The second-order valence-corrected chi connectivity index (χ2v) is 6.93. The Bertz CT molecular complexity index is 958. The quantitative estimate of drug-likeness (QED) is 0.701. The molecule has 1 N–H and O–H groups in total. The number of nitrogens with one attached hydrogen (secondary N) is 1. The minimum Gasteiger partial charge on any atom is -0.381 e. The molecule has 1 saturated heterocycles. The number of aromatic nitrogens is 6. The highest BCUT2D eigenvalue weighted by atomic mass is 16.5. The number of nitrogens with zero attached hydrogens (tertiary/aromatic N) is 6. The fourth-order valence-electron chi connectivity index (χ4n) is 3.65. The molecule has 1 aliphatic heterocycles. The number of carbonyl (C=O) groups is 1. The van der Waals surface area contributed by atoms with Gasteiger partial charge in [0.1, 0.15) is 17.7 Å². The first-order chi connectivity index (χ1) is 13.7. The molecule has 1 aliphatic rings. The number of fused-ring (bicyclic) bond motifs is 1. The van der Waals surface area contributed by atoms with Gasteiger partial charge in [0.15, 0.2) is 5.65 Å². The van der Waals surface area contributed by atoms with Crippen molar-refractivity contribution in [3.05, 3.63) is 36.3 Å². The van der Waals surface area contributed by atoms with Crippen molar-refractivity contribution in [3.8, 4) is 0 Å². The molecule has 0 radical (unpaired) electrons. The molecule has 3 aromatic heterocycles. The van der Waals surface area contributed by atoms with Crippen LogP contribution in [0.1, 0.15) is 61.4 Å². The fraction of sp³-hybridized carbons (Fsp3) is 0.526. The van der Waals surface area contributed by atoms with E-state index in [0.29, 0.717) is 18.2 Å². The van der Waals surface area contributed by atoms with Crippen LogP contribution in [0, 0.1) is 0 Å². The van der Waals surface area contributed by atoms with E-state index in [1.807, 2.05) is 20.2 Å². The number of amides is 1. The van der Waals surface area contributed by atoms with Gasteiger partial charge >= 0.3 is 0 Å². The molecule has 28 heavy (non-hydrogen) atoms. The van der Waals surface area contributed by atoms with Crippen LogP contribution in [-0.2, 0) is 11.3 Å². The summed E-state index contributed by atoms with van der Waals surface area (Å²) in [4.78, 5) is 26.1. The highest BCUT2D eigenvalue weighted by Gasteiger charge is 2.21. The average molecular weight is 383 g/mol. The number of aryl methyl sites for hydroxylation is 1. The largest absolute Gasteiger partial charge is 0.381 e. The Balaban J connectivity index is 1.54. The molecule has 9 heteroatoms. The number of rotatable bonds is 6. The summed E-state index contributed by atoms with van der Waals surface area (Å²) in [7, 11) is 0. The van der Waals surface area contributed by atoms with Crippen LogP contribution in [0.4, 0.5) is 0 Å². The third kappa shape index (κ3) is 3.49. The Morgan fingerprint density at radius 1 is 1.29 bits per heavy atom. The molecular weight excluding hydrogens is 358 g/mol. The van der Waals surface area contributed by atoms with Crippen LogP contribution in [0.2, 0.25) is 0 Å². The third-order valence-corrected chi connectivity index (χ3v) is 5.23. The summed E-state index contributed by atoms with van der Waals surface area (Å²) < 4.78 is 9.33. The van der Waals surface area contributed by atoms with Crippen molar-refractivity contribution in [3.63, 3.8) is 0 Å². The molecule has 4 heterocycles. The molecule has 0 saturated carbocycles. The maximum atomic E-state index is 12.8. The van der Waals surface area contributed by atoms with Crippen molar-refractivity contribution >= 4 is 17.1 Å². The van der Waals surface area contributed by atoms with E-state index in [1.165, 1.54) is 6.33 Å². The molecule has 0 spiro atoms. The Kier molecular flexibility index (Phi) is 5.34. The minimum absolute atomic E-state index is 0.187. The first-order valence-corrected chi connectivity index (χ1v) is 9.80. The van der Waals surface area contributed by atoms with Gasteiger partial charge in [-0.25, -0.2) is 19.6 Å². The minimum atomic E-state index is -0.203. The Morgan fingerprint density at radius 2 is 2.11 bits per heavy atom. The summed E-state index contributed by atoms with van der Waals surface area (Å²) in [6.07, 6.45) is 7.57. The zero-order chi connectivity index (χ0) is 19.5. The maximum absolute atomic E-state index is 12.8. The highest BCUT2D eigenvalue weighted by Crippen LogP contribution is 2.25. The first kappa shape index (κ1) is 18.5. The molecule has 3 aromatic rings. The van der Waals surface area contributed by atoms with Crippen molar-refractivity contribution in [2.45, 2.75) is 51.7 Å². The predicted octanol–water partition coefficient (Wildman–Crippen LogP) is 2.28. The lowest BCUT2D eigenvalue weighted by molar-refractivity contribution is 0.0704. The van der Waals surface area contributed by atoms with Gasteiger partial charge in [-0.3, -0.25) is 4.79 Å². The monoisotopic (exact) mass is 383 g/mol. The van der Waals surface area contributed by atoms with Crippen LogP contribution in [0.3, 0.4) is 0 Å². The van der Waals surface area contributed by atoms with Crippen molar-refractivity contribution in [1.82, 2.24) is 34.6 Å². The topological polar surface area (TPSA) is 99.8 Å².